The Morgan fingerprint density at radius 1 is 1.00 bits per heavy atom. The minimum absolute atomic E-state index is 0.624. The van der Waals surface area contributed by atoms with Gasteiger partial charge in [0.25, 0.3) is 0 Å². The number of rotatable bonds is 3. The lowest BCUT2D eigenvalue weighted by Crippen LogP contribution is -2.57. The fraction of sp³-hybridized carbons (Fsp3) is 0.476. The second-order valence-corrected chi connectivity index (χ2v) is 7.85. The van der Waals surface area contributed by atoms with Crippen molar-refractivity contribution < 1.29 is 0 Å². The molecule has 2 aliphatic heterocycles. The lowest BCUT2D eigenvalue weighted by molar-refractivity contribution is 0.0886. The quantitative estimate of drug-likeness (QED) is 0.717. The van der Waals surface area contributed by atoms with E-state index in [1.54, 1.807) is 0 Å². The van der Waals surface area contributed by atoms with Gasteiger partial charge in [-0.05, 0) is 43.9 Å². The number of nitrogens with zero attached hydrogens (tertiary/aromatic N) is 6. The summed E-state index contributed by atoms with van der Waals surface area (Å²) in [6.07, 6.45) is 6.20. The van der Waals surface area contributed by atoms with Crippen LogP contribution in [-0.4, -0.2) is 56.6 Å². The SMILES string of the molecule is Cc1nc2ccccc2n1C[C@@H]1CCC2CN(c3ncccn3)CCN2C1. The molecule has 1 unspecified atom stereocenters. The topological polar surface area (TPSA) is 50.1 Å². The van der Waals surface area contributed by atoms with Crippen LogP contribution in [0, 0.1) is 12.8 Å². The molecule has 0 aliphatic carbocycles. The van der Waals surface area contributed by atoms with Gasteiger partial charge in [0.15, 0.2) is 0 Å². The fourth-order valence-corrected chi connectivity index (χ4v) is 4.73. The van der Waals surface area contributed by atoms with Crippen LogP contribution in [0.3, 0.4) is 0 Å². The summed E-state index contributed by atoms with van der Waals surface area (Å²) in [7, 11) is 0. The minimum Gasteiger partial charge on any atom is -0.338 e. The summed E-state index contributed by atoms with van der Waals surface area (Å²) in [6, 6.07) is 11.0. The number of piperazine rings is 1. The lowest BCUT2D eigenvalue weighted by Gasteiger charge is -2.46. The first-order chi connectivity index (χ1) is 13.3. The first kappa shape index (κ1) is 16.7. The monoisotopic (exact) mass is 362 g/mol. The third kappa shape index (κ3) is 3.18. The van der Waals surface area contributed by atoms with Crippen molar-refractivity contribution in [1.82, 2.24) is 24.4 Å². The van der Waals surface area contributed by atoms with Gasteiger partial charge >= 0.3 is 0 Å². The number of aryl methyl sites for hydroxylation is 1. The van der Waals surface area contributed by atoms with Crippen molar-refractivity contribution in [3.8, 4) is 0 Å². The number of aromatic nitrogens is 4. The van der Waals surface area contributed by atoms with E-state index in [0.717, 1.165) is 43.5 Å². The van der Waals surface area contributed by atoms with E-state index in [-0.39, 0.29) is 0 Å². The molecule has 0 amide bonds. The van der Waals surface area contributed by atoms with E-state index < -0.39 is 0 Å². The molecule has 0 spiro atoms. The van der Waals surface area contributed by atoms with Crippen molar-refractivity contribution in [3.63, 3.8) is 0 Å². The van der Waals surface area contributed by atoms with Gasteiger partial charge in [-0.1, -0.05) is 12.1 Å². The fourth-order valence-electron chi connectivity index (χ4n) is 4.73. The second kappa shape index (κ2) is 6.93. The van der Waals surface area contributed by atoms with E-state index in [2.05, 4.69) is 55.5 Å². The molecule has 2 fully saturated rings. The molecule has 1 aromatic carbocycles. The molecular weight excluding hydrogens is 336 g/mol. The normalized spacial score (nSPS) is 23.5. The molecule has 140 valence electrons. The summed E-state index contributed by atoms with van der Waals surface area (Å²) in [5, 5.41) is 0. The van der Waals surface area contributed by atoms with Crippen molar-refractivity contribution in [3.05, 3.63) is 48.5 Å². The van der Waals surface area contributed by atoms with E-state index in [1.165, 1.54) is 24.9 Å². The molecule has 0 bridgehead atoms. The van der Waals surface area contributed by atoms with Crippen LogP contribution in [0.4, 0.5) is 5.95 Å². The number of imidazole rings is 1. The Bertz CT molecular complexity index is 921. The molecule has 2 aromatic heterocycles. The highest BCUT2D eigenvalue weighted by Gasteiger charge is 2.33. The molecule has 0 radical (unpaired) electrons. The van der Waals surface area contributed by atoms with Crippen LogP contribution >= 0.6 is 0 Å². The molecule has 3 aromatic rings. The number of benzene rings is 1. The molecule has 0 saturated carbocycles. The number of fused-ring (bicyclic) bond motifs is 2. The molecule has 27 heavy (non-hydrogen) atoms. The Hall–Kier alpha value is -2.47. The van der Waals surface area contributed by atoms with Crippen LogP contribution in [0.5, 0.6) is 0 Å². The molecule has 2 aliphatic rings. The predicted octanol–water partition coefficient (Wildman–Crippen LogP) is 2.74. The van der Waals surface area contributed by atoms with Gasteiger partial charge in [0.2, 0.25) is 5.95 Å². The lowest BCUT2D eigenvalue weighted by atomic mass is 9.91. The van der Waals surface area contributed by atoms with E-state index >= 15 is 0 Å². The molecule has 5 rings (SSSR count). The van der Waals surface area contributed by atoms with Crippen molar-refractivity contribution in [2.24, 2.45) is 5.92 Å². The van der Waals surface area contributed by atoms with Gasteiger partial charge in [-0.15, -0.1) is 0 Å². The molecule has 2 saturated heterocycles. The van der Waals surface area contributed by atoms with Gasteiger partial charge in [0.05, 0.1) is 11.0 Å². The maximum absolute atomic E-state index is 4.73. The summed E-state index contributed by atoms with van der Waals surface area (Å²) in [4.78, 5) is 18.6. The highest BCUT2D eigenvalue weighted by Crippen LogP contribution is 2.28. The van der Waals surface area contributed by atoms with E-state index in [9.17, 15) is 0 Å². The average molecular weight is 362 g/mol. The van der Waals surface area contributed by atoms with Crippen LogP contribution in [0.2, 0.25) is 0 Å². The Labute approximate surface area is 159 Å². The number of hydrogen-bond donors (Lipinski definition) is 0. The third-order valence-corrected chi connectivity index (χ3v) is 6.13. The van der Waals surface area contributed by atoms with E-state index in [4.69, 9.17) is 4.98 Å². The minimum atomic E-state index is 0.624. The second-order valence-electron chi connectivity index (χ2n) is 7.85. The molecule has 6 nitrogen and oxygen atoms in total. The maximum Gasteiger partial charge on any atom is 0.225 e. The van der Waals surface area contributed by atoms with Gasteiger partial charge < -0.3 is 9.47 Å². The van der Waals surface area contributed by atoms with Crippen LogP contribution < -0.4 is 4.90 Å². The summed E-state index contributed by atoms with van der Waals surface area (Å²) in [6.45, 7) is 7.54. The van der Waals surface area contributed by atoms with Gasteiger partial charge in [0, 0.05) is 51.2 Å². The van der Waals surface area contributed by atoms with Crippen LogP contribution in [-0.2, 0) is 6.54 Å². The zero-order valence-corrected chi connectivity index (χ0v) is 15.8. The molecule has 2 atom stereocenters. The van der Waals surface area contributed by atoms with Gasteiger partial charge in [-0.3, -0.25) is 4.90 Å². The average Bonchev–Trinajstić information content (AvgIpc) is 3.03. The first-order valence-corrected chi connectivity index (χ1v) is 9.96. The van der Waals surface area contributed by atoms with Crippen LogP contribution in [0.1, 0.15) is 18.7 Å². The van der Waals surface area contributed by atoms with Gasteiger partial charge in [-0.25, -0.2) is 15.0 Å². The largest absolute Gasteiger partial charge is 0.338 e. The molecule has 6 heteroatoms. The third-order valence-electron chi connectivity index (χ3n) is 6.13. The summed E-state index contributed by atoms with van der Waals surface area (Å²) >= 11 is 0. The molecule has 0 N–H and O–H groups in total. The van der Waals surface area contributed by atoms with E-state index in [0.29, 0.717) is 12.0 Å². The van der Waals surface area contributed by atoms with Crippen molar-refractivity contribution >= 4 is 17.0 Å². The summed E-state index contributed by atoms with van der Waals surface area (Å²) in [5.74, 6) is 2.70. The van der Waals surface area contributed by atoms with E-state index in [1.807, 2.05) is 18.5 Å². The molecule has 4 heterocycles. The zero-order chi connectivity index (χ0) is 18.2. The highest BCUT2D eigenvalue weighted by atomic mass is 15.3. The Morgan fingerprint density at radius 2 is 1.85 bits per heavy atom. The van der Waals surface area contributed by atoms with Crippen molar-refractivity contribution in [2.75, 3.05) is 31.1 Å². The zero-order valence-electron chi connectivity index (χ0n) is 15.8. The smallest absolute Gasteiger partial charge is 0.225 e. The van der Waals surface area contributed by atoms with Crippen molar-refractivity contribution in [2.45, 2.75) is 32.4 Å². The number of hydrogen-bond acceptors (Lipinski definition) is 5. The number of piperidine rings is 1. The van der Waals surface area contributed by atoms with Crippen molar-refractivity contribution in [1.29, 1.82) is 0 Å². The Balaban J connectivity index is 1.26. The first-order valence-electron chi connectivity index (χ1n) is 9.96. The number of anilines is 1. The Kier molecular flexibility index (Phi) is 4.28. The summed E-state index contributed by atoms with van der Waals surface area (Å²) in [5.41, 5.74) is 2.38. The maximum atomic E-state index is 4.73. The number of para-hydroxylation sites is 2. The van der Waals surface area contributed by atoms with Crippen LogP contribution in [0.15, 0.2) is 42.7 Å². The van der Waals surface area contributed by atoms with Crippen LogP contribution in [0.25, 0.3) is 11.0 Å². The van der Waals surface area contributed by atoms with Gasteiger partial charge in [0.1, 0.15) is 5.82 Å². The standard InChI is InChI=1S/C21H26N6/c1-16-24-19-5-2-3-6-20(19)27(16)14-17-7-8-18-15-26(12-11-25(18)13-17)21-22-9-4-10-23-21/h2-6,9-10,17-18H,7-8,11-15H2,1H3/t17-,18?/m1/s1. The highest BCUT2D eigenvalue weighted by molar-refractivity contribution is 5.75. The Morgan fingerprint density at radius 3 is 2.74 bits per heavy atom. The van der Waals surface area contributed by atoms with Gasteiger partial charge in [-0.2, -0.15) is 0 Å². The predicted molar refractivity (Wildman–Crippen MR) is 107 cm³/mol. The molecular formula is C21H26N6. The summed E-state index contributed by atoms with van der Waals surface area (Å²) < 4.78 is 2.41.